The van der Waals surface area contributed by atoms with Crippen LogP contribution in [-0.4, -0.2) is 6.54 Å². The quantitative estimate of drug-likeness (QED) is 0.715. The van der Waals surface area contributed by atoms with E-state index in [1.54, 1.807) is 11.3 Å². The van der Waals surface area contributed by atoms with Crippen LogP contribution >= 0.6 is 27.3 Å². The first-order valence-electron chi connectivity index (χ1n) is 6.87. The minimum absolute atomic E-state index is 0.627. The Balaban J connectivity index is 2.04. The van der Waals surface area contributed by atoms with Crippen molar-refractivity contribution >= 4 is 27.3 Å². The Morgan fingerprint density at radius 3 is 2.80 bits per heavy atom. The summed E-state index contributed by atoms with van der Waals surface area (Å²) in [4.78, 5) is 1.23. The van der Waals surface area contributed by atoms with Crippen molar-refractivity contribution in [1.29, 1.82) is 0 Å². The van der Waals surface area contributed by atoms with Gasteiger partial charge in [0.1, 0.15) is 12.4 Å². The number of nitrogens with one attached hydrogen (secondary N) is 1. The van der Waals surface area contributed by atoms with E-state index in [1.165, 1.54) is 16.0 Å². The molecule has 1 aromatic heterocycles. The number of aryl methyl sites for hydroxylation is 1. The highest BCUT2D eigenvalue weighted by atomic mass is 79.9. The van der Waals surface area contributed by atoms with E-state index in [1.807, 2.05) is 0 Å². The number of benzene rings is 1. The second-order valence-electron chi connectivity index (χ2n) is 4.73. The highest BCUT2D eigenvalue weighted by Gasteiger charge is 2.08. The average molecular weight is 354 g/mol. The van der Waals surface area contributed by atoms with Gasteiger partial charge in [0.05, 0.1) is 3.79 Å². The summed E-state index contributed by atoms with van der Waals surface area (Å²) in [6, 6.07) is 10.5. The monoisotopic (exact) mass is 353 g/mol. The first kappa shape index (κ1) is 15.5. The van der Waals surface area contributed by atoms with Gasteiger partial charge in [0, 0.05) is 17.0 Å². The second-order valence-corrected chi connectivity index (χ2v) is 7.28. The Bertz CT molecular complexity index is 553. The molecule has 2 rings (SSSR count). The van der Waals surface area contributed by atoms with Gasteiger partial charge in [-0.15, -0.1) is 11.3 Å². The van der Waals surface area contributed by atoms with Gasteiger partial charge in [0.15, 0.2) is 0 Å². The molecule has 20 heavy (non-hydrogen) atoms. The van der Waals surface area contributed by atoms with Crippen LogP contribution in [0, 0.1) is 6.92 Å². The van der Waals surface area contributed by atoms with E-state index < -0.39 is 0 Å². The van der Waals surface area contributed by atoms with Crippen molar-refractivity contribution in [2.24, 2.45) is 0 Å². The Morgan fingerprint density at radius 2 is 2.10 bits per heavy atom. The summed E-state index contributed by atoms with van der Waals surface area (Å²) in [6.45, 7) is 6.80. The van der Waals surface area contributed by atoms with E-state index in [9.17, 15) is 0 Å². The lowest BCUT2D eigenvalue weighted by molar-refractivity contribution is 0.303. The lowest BCUT2D eigenvalue weighted by Crippen LogP contribution is -2.15. The molecule has 0 spiro atoms. The molecule has 1 aromatic carbocycles. The molecule has 0 saturated carbocycles. The Hall–Kier alpha value is -0.840. The van der Waals surface area contributed by atoms with Crippen LogP contribution in [-0.2, 0) is 13.2 Å². The van der Waals surface area contributed by atoms with Crippen molar-refractivity contribution in [2.75, 3.05) is 6.54 Å². The molecule has 2 nitrogen and oxygen atoms in total. The Kier molecular flexibility index (Phi) is 6.07. The first-order chi connectivity index (χ1) is 9.70. The van der Waals surface area contributed by atoms with Crippen LogP contribution in [0.3, 0.4) is 0 Å². The molecule has 108 valence electrons. The Morgan fingerprint density at radius 1 is 1.25 bits per heavy atom. The minimum Gasteiger partial charge on any atom is -0.487 e. The summed E-state index contributed by atoms with van der Waals surface area (Å²) in [7, 11) is 0. The summed E-state index contributed by atoms with van der Waals surface area (Å²) in [5, 5.41) is 3.44. The molecular formula is C16H20BrNOS. The SMILES string of the molecule is CCCNCc1cccc(C)c1OCc1ccc(Br)s1. The third-order valence-corrected chi connectivity index (χ3v) is 4.62. The van der Waals surface area contributed by atoms with Crippen LogP contribution in [0.25, 0.3) is 0 Å². The van der Waals surface area contributed by atoms with E-state index in [0.717, 1.165) is 29.0 Å². The fourth-order valence-electron chi connectivity index (χ4n) is 2.03. The number of halogens is 1. The van der Waals surface area contributed by atoms with Crippen molar-refractivity contribution in [2.45, 2.75) is 33.4 Å². The molecule has 0 saturated heterocycles. The van der Waals surface area contributed by atoms with E-state index >= 15 is 0 Å². The number of rotatable bonds is 7. The molecule has 0 bridgehead atoms. The zero-order chi connectivity index (χ0) is 14.4. The standard InChI is InChI=1S/C16H20BrNOS/c1-3-9-18-10-13-6-4-5-12(2)16(13)19-11-14-7-8-15(17)20-14/h4-8,18H,3,9-11H2,1-2H3. The van der Waals surface area contributed by atoms with Gasteiger partial charge in [-0.2, -0.15) is 0 Å². The lowest BCUT2D eigenvalue weighted by atomic mass is 10.1. The van der Waals surface area contributed by atoms with Crippen molar-refractivity contribution in [3.8, 4) is 5.75 Å². The normalized spacial score (nSPS) is 10.8. The van der Waals surface area contributed by atoms with E-state index in [0.29, 0.717) is 6.61 Å². The van der Waals surface area contributed by atoms with Crippen molar-refractivity contribution < 1.29 is 4.74 Å². The van der Waals surface area contributed by atoms with E-state index in [-0.39, 0.29) is 0 Å². The van der Waals surface area contributed by atoms with Crippen LogP contribution in [0.1, 0.15) is 29.3 Å². The topological polar surface area (TPSA) is 21.3 Å². The van der Waals surface area contributed by atoms with Gasteiger partial charge in [0.25, 0.3) is 0 Å². The lowest BCUT2D eigenvalue weighted by Gasteiger charge is -2.14. The molecular weight excluding hydrogens is 334 g/mol. The molecule has 0 radical (unpaired) electrons. The fraction of sp³-hybridized carbons (Fsp3) is 0.375. The van der Waals surface area contributed by atoms with Gasteiger partial charge in [-0.25, -0.2) is 0 Å². The summed E-state index contributed by atoms with van der Waals surface area (Å²) in [6.07, 6.45) is 1.14. The number of thiophene rings is 1. The molecule has 1 N–H and O–H groups in total. The molecule has 0 atom stereocenters. The molecule has 0 amide bonds. The van der Waals surface area contributed by atoms with Crippen LogP contribution in [0.15, 0.2) is 34.1 Å². The zero-order valence-electron chi connectivity index (χ0n) is 11.9. The van der Waals surface area contributed by atoms with Gasteiger partial charge < -0.3 is 10.1 Å². The van der Waals surface area contributed by atoms with E-state index in [2.05, 4.69) is 65.4 Å². The smallest absolute Gasteiger partial charge is 0.127 e. The fourth-order valence-corrected chi connectivity index (χ4v) is 3.43. The number of para-hydroxylation sites is 1. The molecule has 4 heteroatoms. The van der Waals surface area contributed by atoms with Gasteiger partial charge in [-0.05, 0) is 53.5 Å². The maximum absolute atomic E-state index is 6.05. The van der Waals surface area contributed by atoms with Crippen molar-refractivity contribution in [1.82, 2.24) is 5.32 Å². The molecule has 0 unspecified atom stereocenters. The van der Waals surface area contributed by atoms with Gasteiger partial charge in [-0.1, -0.05) is 25.1 Å². The maximum Gasteiger partial charge on any atom is 0.127 e. The zero-order valence-corrected chi connectivity index (χ0v) is 14.3. The molecule has 0 aliphatic carbocycles. The van der Waals surface area contributed by atoms with Crippen LogP contribution < -0.4 is 10.1 Å². The summed E-state index contributed by atoms with van der Waals surface area (Å²) in [5.41, 5.74) is 2.42. The Labute approximate surface area is 133 Å². The minimum atomic E-state index is 0.627. The molecule has 0 aliphatic rings. The molecule has 2 aromatic rings. The highest BCUT2D eigenvalue weighted by molar-refractivity contribution is 9.11. The van der Waals surface area contributed by atoms with Crippen LogP contribution in [0.2, 0.25) is 0 Å². The largest absolute Gasteiger partial charge is 0.487 e. The van der Waals surface area contributed by atoms with Gasteiger partial charge >= 0.3 is 0 Å². The van der Waals surface area contributed by atoms with Gasteiger partial charge in [0.2, 0.25) is 0 Å². The molecule has 0 aliphatic heterocycles. The molecule has 0 fully saturated rings. The van der Waals surface area contributed by atoms with Crippen LogP contribution in [0.4, 0.5) is 0 Å². The predicted octanol–water partition coefficient (Wildman–Crippen LogP) is 4.90. The summed E-state index contributed by atoms with van der Waals surface area (Å²) < 4.78 is 7.19. The number of ether oxygens (including phenoxy) is 1. The first-order valence-corrected chi connectivity index (χ1v) is 8.48. The van der Waals surface area contributed by atoms with E-state index in [4.69, 9.17) is 4.74 Å². The summed E-state index contributed by atoms with van der Waals surface area (Å²) in [5.74, 6) is 1.01. The molecule has 1 heterocycles. The van der Waals surface area contributed by atoms with Crippen molar-refractivity contribution in [3.05, 3.63) is 50.1 Å². The number of hydrogen-bond acceptors (Lipinski definition) is 3. The maximum atomic E-state index is 6.05. The number of hydrogen-bond donors (Lipinski definition) is 1. The summed E-state index contributed by atoms with van der Waals surface area (Å²) >= 11 is 5.20. The van der Waals surface area contributed by atoms with Gasteiger partial charge in [-0.3, -0.25) is 0 Å². The average Bonchev–Trinajstić information content (AvgIpc) is 2.84. The highest BCUT2D eigenvalue weighted by Crippen LogP contribution is 2.27. The van der Waals surface area contributed by atoms with Crippen LogP contribution in [0.5, 0.6) is 5.75 Å². The second kappa shape index (κ2) is 7.81. The third kappa shape index (κ3) is 4.33. The third-order valence-electron chi connectivity index (χ3n) is 3.02. The predicted molar refractivity (Wildman–Crippen MR) is 89.5 cm³/mol. The van der Waals surface area contributed by atoms with Crippen molar-refractivity contribution in [3.63, 3.8) is 0 Å².